The predicted octanol–water partition coefficient (Wildman–Crippen LogP) is 2.84. The van der Waals surface area contributed by atoms with Gasteiger partial charge in [0.15, 0.2) is 0 Å². The fourth-order valence-corrected chi connectivity index (χ4v) is 4.53. The van der Waals surface area contributed by atoms with Gasteiger partial charge in [0.25, 0.3) is 0 Å². The molecular formula is C18H22N4O3S. The van der Waals surface area contributed by atoms with Crippen LogP contribution in [0.5, 0.6) is 0 Å². The van der Waals surface area contributed by atoms with Gasteiger partial charge in [0.1, 0.15) is 6.07 Å². The molecule has 0 amide bonds. The Bertz CT molecular complexity index is 903. The third-order valence-electron chi connectivity index (χ3n) is 4.43. The van der Waals surface area contributed by atoms with Gasteiger partial charge in [-0.3, -0.25) is 0 Å². The van der Waals surface area contributed by atoms with E-state index in [0.717, 1.165) is 25.7 Å². The Balaban J connectivity index is 1.88. The molecule has 1 saturated heterocycles. The van der Waals surface area contributed by atoms with Gasteiger partial charge >= 0.3 is 0 Å². The molecule has 0 unspecified atom stereocenters. The van der Waals surface area contributed by atoms with Crippen LogP contribution in [0.4, 0.5) is 5.88 Å². The van der Waals surface area contributed by atoms with Crippen molar-refractivity contribution in [2.75, 3.05) is 32.1 Å². The number of nitrogens with zero attached hydrogens (tertiary/aromatic N) is 4. The average Bonchev–Trinajstić information content (AvgIpc) is 2.88. The van der Waals surface area contributed by atoms with Crippen molar-refractivity contribution in [3.63, 3.8) is 0 Å². The first-order valence-electron chi connectivity index (χ1n) is 8.62. The molecule has 0 saturated carbocycles. The maximum Gasteiger partial charge on any atom is 0.243 e. The van der Waals surface area contributed by atoms with Gasteiger partial charge in [0, 0.05) is 32.7 Å². The molecule has 3 rings (SSSR count). The van der Waals surface area contributed by atoms with Crippen LogP contribution in [-0.4, -0.2) is 44.9 Å². The number of aromatic nitrogens is 1. The Labute approximate surface area is 153 Å². The molecule has 26 heavy (non-hydrogen) atoms. The van der Waals surface area contributed by atoms with Crippen molar-refractivity contribution in [1.82, 2.24) is 9.29 Å². The van der Waals surface area contributed by atoms with Crippen molar-refractivity contribution in [2.45, 2.75) is 30.6 Å². The summed E-state index contributed by atoms with van der Waals surface area (Å²) in [6.07, 6.45) is 3.95. The van der Waals surface area contributed by atoms with Crippen LogP contribution in [0.2, 0.25) is 0 Å². The van der Waals surface area contributed by atoms with E-state index >= 15 is 0 Å². The van der Waals surface area contributed by atoms with Crippen LogP contribution in [0.3, 0.4) is 0 Å². The average molecular weight is 374 g/mol. The van der Waals surface area contributed by atoms with Crippen LogP contribution < -0.4 is 4.90 Å². The number of rotatable bonds is 4. The number of oxazole rings is 1. The third kappa shape index (κ3) is 3.59. The van der Waals surface area contributed by atoms with Gasteiger partial charge in [-0.15, -0.1) is 0 Å². The summed E-state index contributed by atoms with van der Waals surface area (Å²) < 4.78 is 32.8. The van der Waals surface area contributed by atoms with Gasteiger partial charge in [-0.2, -0.15) is 14.6 Å². The Kier molecular flexibility index (Phi) is 5.30. The molecular weight excluding hydrogens is 352 g/mol. The summed E-state index contributed by atoms with van der Waals surface area (Å²) in [5.41, 5.74) is 0.829. The van der Waals surface area contributed by atoms with Gasteiger partial charge < -0.3 is 9.32 Å². The van der Waals surface area contributed by atoms with Crippen LogP contribution in [0.25, 0.3) is 11.5 Å². The molecule has 2 aromatic rings. The Morgan fingerprint density at radius 1 is 1.12 bits per heavy atom. The molecule has 0 radical (unpaired) electrons. The molecule has 0 bridgehead atoms. The molecule has 1 fully saturated rings. The van der Waals surface area contributed by atoms with Crippen molar-refractivity contribution in [2.24, 2.45) is 0 Å². The van der Waals surface area contributed by atoms with E-state index in [4.69, 9.17) is 9.68 Å². The zero-order valence-corrected chi connectivity index (χ0v) is 15.8. The minimum absolute atomic E-state index is 0.200. The molecule has 1 aromatic carbocycles. The van der Waals surface area contributed by atoms with E-state index in [1.807, 2.05) is 6.07 Å². The Hall–Kier alpha value is -2.37. The highest BCUT2D eigenvalue weighted by atomic mass is 32.2. The highest BCUT2D eigenvalue weighted by Crippen LogP contribution is 2.28. The summed E-state index contributed by atoms with van der Waals surface area (Å²) in [7, 11) is 0.0481. The summed E-state index contributed by atoms with van der Waals surface area (Å²) in [6.45, 7) is 1.14. The molecule has 1 aliphatic rings. The first-order valence-corrected chi connectivity index (χ1v) is 10.1. The highest BCUT2D eigenvalue weighted by molar-refractivity contribution is 7.89. The number of anilines is 1. The number of hydrogen-bond donors (Lipinski definition) is 0. The Morgan fingerprint density at radius 2 is 1.73 bits per heavy atom. The fourth-order valence-electron chi connectivity index (χ4n) is 3.01. The zero-order chi connectivity index (χ0) is 18.7. The Morgan fingerprint density at radius 3 is 2.23 bits per heavy atom. The summed E-state index contributed by atoms with van der Waals surface area (Å²) in [6, 6.07) is 8.47. The maximum absolute atomic E-state index is 12.8. The molecule has 7 nitrogen and oxygen atoms in total. The van der Waals surface area contributed by atoms with E-state index in [-0.39, 0.29) is 10.6 Å². The lowest BCUT2D eigenvalue weighted by atomic mass is 10.2. The van der Waals surface area contributed by atoms with Gasteiger partial charge in [-0.05, 0) is 37.1 Å². The second-order valence-corrected chi connectivity index (χ2v) is 8.46. The molecule has 0 atom stereocenters. The zero-order valence-electron chi connectivity index (χ0n) is 15.0. The molecule has 1 aromatic heterocycles. The summed E-state index contributed by atoms with van der Waals surface area (Å²) >= 11 is 0. The highest BCUT2D eigenvalue weighted by Gasteiger charge is 2.25. The van der Waals surface area contributed by atoms with Crippen LogP contribution in [-0.2, 0) is 10.0 Å². The van der Waals surface area contributed by atoms with E-state index in [1.54, 1.807) is 47.6 Å². The maximum atomic E-state index is 12.8. The standard InChI is InChI=1S/C18H22N4O3S/c1-21(2)18-16(13-19)20-17(25-18)14-7-9-15(10-8-14)26(23,24)22-11-5-3-4-6-12-22/h7-10H,3-6,11-12H2,1-2H3. The summed E-state index contributed by atoms with van der Waals surface area (Å²) in [4.78, 5) is 6.13. The third-order valence-corrected chi connectivity index (χ3v) is 6.34. The quantitative estimate of drug-likeness (QED) is 0.817. The summed E-state index contributed by atoms with van der Waals surface area (Å²) in [5.74, 6) is 0.674. The molecule has 2 heterocycles. The SMILES string of the molecule is CN(C)c1oc(-c2ccc(S(=O)(=O)N3CCCCCC3)cc2)nc1C#N. The molecule has 1 aliphatic heterocycles. The van der Waals surface area contributed by atoms with Crippen molar-refractivity contribution < 1.29 is 12.8 Å². The van der Waals surface area contributed by atoms with Crippen molar-refractivity contribution in [3.8, 4) is 17.5 Å². The second-order valence-electron chi connectivity index (χ2n) is 6.52. The number of nitriles is 1. The van der Waals surface area contributed by atoms with E-state index in [0.29, 0.717) is 30.4 Å². The van der Waals surface area contributed by atoms with Crippen LogP contribution >= 0.6 is 0 Å². The molecule has 0 aliphatic carbocycles. The first-order chi connectivity index (χ1) is 12.4. The van der Waals surface area contributed by atoms with Gasteiger partial charge in [-0.1, -0.05) is 12.8 Å². The summed E-state index contributed by atoms with van der Waals surface area (Å²) in [5, 5.41) is 9.16. The largest absolute Gasteiger partial charge is 0.419 e. The topological polar surface area (TPSA) is 90.4 Å². The van der Waals surface area contributed by atoms with Gasteiger partial charge in [-0.25, -0.2) is 8.42 Å². The van der Waals surface area contributed by atoms with Crippen LogP contribution in [0, 0.1) is 11.3 Å². The van der Waals surface area contributed by atoms with Crippen molar-refractivity contribution >= 4 is 15.9 Å². The molecule has 0 spiro atoms. The van der Waals surface area contributed by atoms with E-state index < -0.39 is 10.0 Å². The smallest absolute Gasteiger partial charge is 0.243 e. The van der Waals surface area contributed by atoms with E-state index in [9.17, 15) is 8.42 Å². The molecule has 0 N–H and O–H groups in total. The lowest BCUT2D eigenvalue weighted by Gasteiger charge is -2.19. The second kappa shape index (κ2) is 7.48. The normalized spacial score (nSPS) is 16.0. The minimum atomic E-state index is -3.48. The lowest BCUT2D eigenvalue weighted by Crippen LogP contribution is -2.31. The first kappa shape index (κ1) is 18.4. The minimum Gasteiger partial charge on any atom is -0.419 e. The fraction of sp³-hybridized carbons (Fsp3) is 0.444. The monoisotopic (exact) mass is 374 g/mol. The van der Waals surface area contributed by atoms with Crippen molar-refractivity contribution in [3.05, 3.63) is 30.0 Å². The van der Waals surface area contributed by atoms with E-state index in [1.165, 1.54) is 0 Å². The van der Waals surface area contributed by atoms with Gasteiger partial charge in [0.05, 0.1) is 4.90 Å². The number of hydrogen-bond acceptors (Lipinski definition) is 6. The van der Waals surface area contributed by atoms with E-state index in [2.05, 4.69) is 4.98 Å². The number of benzene rings is 1. The van der Waals surface area contributed by atoms with Crippen molar-refractivity contribution in [1.29, 1.82) is 5.26 Å². The molecule has 8 heteroatoms. The van der Waals surface area contributed by atoms with Crippen LogP contribution in [0.1, 0.15) is 31.4 Å². The lowest BCUT2D eigenvalue weighted by molar-refractivity contribution is 0.423. The van der Waals surface area contributed by atoms with Gasteiger partial charge in [0.2, 0.25) is 27.5 Å². The predicted molar refractivity (Wildman–Crippen MR) is 98.2 cm³/mol. The molecule has 138 valence electrons. The van der Waals surface area contributed by atoms with Crippen LogP contribution in [0.15, 0.2) is 33.6 Å². The number of sulfonamides is 1.